The molecular formula is C17H15ClFNO5. The molecule has 0 aliphatic rings. The molecule has 0 radical (unpaired) electrons. The second-order valence-electron chi connectivity index (χ2n) is 4.80. The molecule has 0 bridgehead atoms. The van der Waals surface area contributed by atoms with Crippen molar-refractivity contribution in [3.8, 4) is 11.5 Å². The lowest BCUT2D eigenvalue weighted by Gasteiger charge is -2.11. The number of halogens is 2. The summed E-state index contributed by atoms with van der Waals surface area (Å²) in [4.78, 5) is 23.8. The number of anilines is 1. The highest BCUT2D eigenvalue weighted by Crippen LogP contribution is 2.36. The average Bonchev–Trinajstić information content (AvgIpc) is 2.60. The first-order valence-electron chi connectivity index (χ1n) is 7.09. The van der Waals surface area contributed by atoms with E-state index in [9.17, 15) is 14.0 Å². The average molecular weight is 368 g/mol. The lowest BCUT2D eigenvalue weighted by molar-refractivity contribution is -0.119. The normalized spacial score (nSPS) is 10.1. The van der Waals surface area contributed by atoms with Crippen molar-refractivity contribution in [2.45, 2.75) is 0 Å². The molecule has 132 valence electrons. The first-order chi connectivity index (χ1) is 12.0. The monoisotopic (exact) mass is 367 g/mol. The zero-order chi connectivity index (χ0) is 18.4. The van der Waals surface area contributed by atoms with E-state index in [1.54, 1.807) is 6.07 Å². The van der Waals surface area contributed by atoms with Gasteiger partial charge in [-0.1, -0.05) is 23.7 Å². The van der Waals surface area contributed by atoms with Gasteiger partial charge in [0, 0.05) is 0 Å². The molecule has 8 heteroatoms. The van der Waals surface area contributed by atoms with Crippen LogP contribution in [0.1, 0.15) is 10.4 Å². The lowest BCUT2D eigenvalue weighted by Crippen LogP contribution is -2.21. The lowest BCUT2D eigenvalue weighted by atomic mass is 10.2. The molecule has 1 amide bonds. The topological polar surface area (TPSA) is 73.9 Å². The maximum absolute atomic E-state index is 13.5. The number of benzene rings is 2. The van der Waals surface area contributed by atoms with Crippen LogP contribution in [0.15, 0.2) is 36.4 Å². The number of rotatable bonds is 6. The van der Waals surface area contributed by atoms with Crippen molar-refractivity contribution >= 4 is 29.2 Å². The molecule has 0 aromatic heterocycles. The SMILES string of the molecule is COc1cc(C(=O)OCC(=O)Nc2ccccc2F)cc(Cl)c1OC. The third-order valence-electron chi connectivity index (χ3n) is 3.15. The van der Waals surface area contributed by atoms with E-state index in [0.29, 0.717) is 0 Å². The smallest absolute Gasteiger partial charge is 0.338 e. The number of esters is 1. The van der Waals surface area contributed by atoms with Gasteiger partial charge in [0.05, 0.1) is 30.5 Å². The Labute approximate surface area is 148 Å². The van der Waals surface area contributed by atoms with Gasteiger partial charge >= 0.3 is 5.97 Å². The molecule has 1 N–H and O–H groups in total. The van der Waals surface area contributed by atoms with Crippen molar-refractivity contribution < 1.29 is 28.2 Å². The number of nitrogens with one attached hydrogen (secondary N) is 1. The van der Waals surface area contributed by atoms with Gasteiger partial charge in [0.2, 0.25) is 0 Å². The predicted molar refractivity (Wildman–Crippen MR) is 89.9 cm³/mol. The van der Waals surface area contributed by atoms with Gasteiger partial charge in [-0.3, -0.25) is 4.79 Å². The van der Waals surface area contributed by atoms with Crippen molar-refractivity contribution in [1.82, 2.24) is 0 Å². The third-order valence-corrected chi connectivity index (χ3v) is 3.43. The molecule has 6 nitrogen and oxygen atoms in total. The molecule has 0 aliphatic heterocycles. The number of para-hydroxylation sites is 1. The summed E-state index contributed by atoms with van der Waals surface area (Å²) in [6.07, 6.45) is 0. The van der Waals surface area contributed by atoms with Crippen molar-refractivity contribution in [2.75, 3.05) is 26.1 Å². The number of carbonyl (C=O) groups is 2. The Bertz CT molecular complexity index is 797. The van der Waals surface area contributed by atoms with Gasteiger partial charge in [-0.25, -0.2) is 9.18 Å². The van der Waals surface area contributed by atoms with Gasteiger partial charge in [0.15, 0.2) is 18.1 Å². The fourth-order valence-corrected chi connectivity index (χ4v) is 2.29. The van der Waals surface area contributed by atoms with Crippen LogP contribution in [0.4, 0.5) is 10.1 Å². The number of hydrogen-bond acceptors (Lipinski definition) is 5. The molecule has 0 saturated heterocycles. The van der Waals surface area contributed by atoms with Crippen LogP contribution in [0.5, 0.6) is 11.5 Å². The van der Waals surface area contributed by atoms with Gasteiger partial charge in [-0.15, -0.1) is 0 Å². The first kappa shape index (κ1) is 18.5. The van der Waals surface area contributed by atoms with E-state index >= 15 is 0 Å². The minimum absolute atomic E-state index is 0.00212. The first-order valence-corrected chi connectivity index (χ1v) is 7.47. The van der Waals surface area contributed by atoms with E-state index in [2.05, 4.69) is 5.32 Å². The Hall–Kier alpha value is -2.80. The summed E-state index contributed by atoms with van der Waals surface area (Å²) in [5.41, 5.74) is 0.0825. The highest BCUT2D eigenvalue weighted by molar-refractivity contribution is 6.32. The number of methoxy groups -OCH3 is 2. The van der Waals surface area contributed by atoms with E-state index < -0.39 is 24.3 Å². The maximum Gasteiger partial charge on any atom is 0.338 e. The Balaban J connectivity index is 2.01. The van der Waals surface area contributed by atoms with E-state index in [1.807, 2.05) is 0 Å². The Kier molecular flexibility index (Phi) is 6.19. The van der Waals surface area contributed by atoms with Crippen LogP contribution in [-0.2, 0) is 9.53 Å². The van der Waals surface area contributed by atoms with E-state index in [4.69, 9.17) is 25.8 Å². The summed E-state index contributed by atoms with van der Waals surface area (Å²) >= 11 is 6.01. The van der Waals surface area contributed by atoms with Crippen molar-refractivity contribution in [1.29, 1.82) is 0 Å². The summed E-state index contributed by atoms with van der Waals surface area (Å²) in [6, 6.07) is 8.36. The molecule has 0 heterocycles. The van der Waals surface area contributed by atoms with Crippen LogP contribution < -0.4 is 14.8 Å². The second kappa shape index (κ2) is 8.34. The summed E-state index contributed by atoms with van der Waals surface area (Å²) < 4.78 is 28.5. The largest absolute Gasteiger partial charge is 0.493 e. The molecule has 0 unspecified atom stereocenters. The van der Waals surface area contributed by atoms with Crippen LogP contribution >= 0.6 is 11.6 Å². The molecule has 2 aromatic rings. The minimum Gasteiger partial charge on any atom is -0.493 e. The zero-order valence-corrected chi connectivity index (χ0v) is 14.2. The van der Waals surface area contributed by atoms with Crippen molar-refractivity contribution in [3.63, 3.8) is 0 Å². The predicted octanol–water partition coefficient (Wildman–Crippen LogP) is 3.29. The Morgan fingerprint density at radius 1 is 1.16 bits per heavy atom. The summed E-state index contributed by atoms with van der Waals surface area (Å²) in [5, 5.41) is 2.46. The van der Waals surface area contributed by atoms with Crippen LogP contribution in [0, 0.1) is 5.82 Å². The number of amides is 1. The molecule has 0 saturated carbocycles. The van der Waals surface area contributed by atoms with Crippen molar-refractivity contribution in [2.24, 2.45) is 0 Å². The van der Waals surface area contributed by atoms with E-state index in [-0.39, 0.29) is 27.8 Å². The number of ether oxygens (including phenoxy) is 3. The molecular weight excluding hydrogens is 353 g/mol. The van der Waals surface area contributed by atoms with E-state index in [1.165, 1.54) is 44.6 Å². The van der Waals surface area contributed by atoms with Gasteiger partial charge in [-0.2, -0.15) is 0 Å². The highest BCUT2D eigenvalue weighted by Gasteiger charge is 2.17. The van der Waals surface area contributed by atoms with Gasteiger partial charge in [0.25, 0.3) is 5.91 Å². The summed E-state index contributed by atoms with van der Waals surface area (Å²) in [5.74, 6) is -1.53. The molecule has 2 aromatic carbocycles. The van der Waals surface area contributed by atoms with Crippen LogP contribution in [0.25, 0.3) is 0 Å². The molecule has 0 atom stereocenters. The molecule has 2 rings (SSSR count). The number of carbonyl (C=O) groups excluding carboxylic acids is 2. The van der Waals surface area contributed by atoms with Crippen molar-refractivity contribution in [3.05, 3.63) is 52.8 Å². The summed E-state index contributed by atoms with van der Waals surface area (Å²) in [6.45, 7) is -0.584. The zero-order valence-electron chi connectivity index (χ0n) is 13.5. The fraction of sp³-hybridized carbons (Fsp3) is 0.176. The molecule has 0 spiro atoms. The minimum atomic E-state index is -0.786. The van der Waals surface area contributed by atoms with Gasteiger partial charge in [0.1, 0.15) is 5.82 Å². The standard InChI is InChI=1S/C17H15ClFNO5/c1-23-14-8-10(7-11(18)16(14)24-2)17(22)25-9-15(21)20-13-6-4-3-5-12(13)19/h3-8H,9H2,1-2H3,(H,20,21). The number of hydrogen-bond donors (Lipinski definition) is 1. The van der Waals surface area contributed by atoms with E-state index in [0.717, 1.165) is 0 Å². The van der Waals surface area contributed by atoms with Gasteiger partial charge in [-0.05, 0) is 24.3 Å². The third kappa shape index (κ3) is 4.60. The van der Waals surface area contributed by atoms with Crippen LogP contribution in [-0.4, -0.2) is 32.7 Å². The molecule has 0 fully saturated rings. The molecule has 25 heavy (non-hydrogen) atoms. The fourth-order valence-electron chi connectivity index (χ4n) is 2.00. The second-order valence-corrected chi connectivity index (χ2v) is 5.20. The Morgan fingerprint density at radius 2 is 1.88 bits per heavy atom. The van der Waals surface area contributed by atoms with Crippen LogP contribution in [0.2, 0.25) is 5.02 Å². The maximum atomic E-state index is 13.5. The summed E-state index contributed by atoms with van der Waals surface area (Å²) in [7, 11) is 2.81. The van der Waals surface area contributed by atoms with Crippen LogP contribution in [0.3, 0.4) is 0 Å². The molecule has 0 aliphatic carbocycles. The quantitative estimate of drug-likeness (QED) is 0.793. The van der Waals surface area contributed by atoms with Gasteiger partial charge < -0.3 is 19.5 Å². The highest BCUT2D eigenvalue weighted by atomic mass is 35.5. The Morgan fingerprint density at radius 3 is 2.52 bits per heavy atom.